The molecule has 246 valence electrons. The Morgan fingerprint density at radius 3 is 2.38 bits per heavy atom. The zero-order chi connectivity index (χ0) is 32.7. The molecule has 0 amide bonds. The van der Waals surface area contributed by atoms with Crippen molar-refractivity contribution < 1.29 is 18.9 Å². The Balaban J connectivity index is 0.866. The smallest absolute Gasteiger partial charge is 0.119 e. The summed E-state index contributed by atoms with van der Waals surface area (Å²) in [5.74, 6) is 2.11. The van der Waals surface area contributed by atoms with E-state index in [0.717, 1.165) is 39.0 Å². The zero-order valence-corrected chi connectivity index (χ0v) is 28.8. The summed E-state index contributed by atoms with van der Waals surface area (Å²) < 4.78 is 23.0. The number of anilines is 2. The number of nitrogens with zero attached hydrogens (tertiary/aromatic N) is 1. The Morgan fingerprint density at radius 2 is 1.64 bits per heavy atom. The standard InChI is InChI=1S/C39H44N2O4S2/c1-30(46-37-10-6-4-8-35(37)40-2)12-13-31-14-19-33(20-15-31)44-28-26-42-24-25-43-27-29-45-34-21-16-32(17-22-34)18-23-39-41(3)36-9-5-7-11-38(36)47-39/h4-16,18-23,32,39-40H,1,17,24-29H2,2-3H3/b13-12+,23-18+. The van der Waals surface area contributed by atoms with E-state index in [1.165, 1.54) is 10.6 Å². The van der Waals surface area contributed by atoms with Gasteiger partial charge in [-0.2, -0.15) is 0 Å². The van der Waals surface area contributed by atoms with Gasteiger partial charge in [-0.1, -0.05) is 90.8 Å². The third kappa shape index (κ3) is 10.9. The van der Waals surface area contributed by atoms with Gasteiger partial charge in [0.25, 0.3) is 0 Å². The average molecular weight is 669 g/mol. The number of para-hydroxylation sites is 2. The van der Waals surface area contributed by atoms with Crippen molar-refractivity contribution in [3.8, 4) is 5.75 Å². The molecule has 5 rings (SSSR count). The molecule has 1 N–H and O–H groups in total. The van der Waals surface area contributed by atoms with Crippen LogP contribution in [0.3, 0.4) is 0 Å². The maximum Gasteiger partial charge on any atom is 0.119 e. The normalized spacial score (nSPS) is 17.2. The highest BCUT2D eigenvalue weighted by Crippen LogP contribution is 2.42. The first-order chi connectivity index (χ1) is 23.1. The molecule has 2 unspecified atom stereocenters. The maximum absolute atomic E-state index is 5.87. The van der Waals surface area contributed by atoms with Crippen LogP contribution in [0.15, 0.2) is 136 Å². The zero-order valence-electron chi connectivity index (χ0n) is 27.2. The number of hydrogen-bond donors (Lipinski definition) is 1. The highest BCUT2D eigenvalue weighted by Gasteiger charge is 2.24. The van der Waals surface area contributed by atoms with Gasteiger partial charge in [0.1, 0.15) is 24.7 Å². The van der Waals surface area contributed by atoms with Gasteiger partial charge >= 0.3 is 0 Å². The van der Waals surface area contributed by atoms with E-state index in [1.807, 2.05) is 61.3 Å². The molecule has 3 aromatic rings. The lowest BCUT2D eigenvalue weighted by atomic mass is 9.99. The fraction of sp³-hybridized carbons (Fsp3) is 0.282. The lowest BCUT2D eigenvalue weighted by Gasteiger charge is -2.19. The highest BCUT2D eigenvalue weighted by molar-refractivity contribution is 8.03. The van der Waals surface area contributed by atoms with Crippen LogP contribution in [0.2, 0.25) is 0 Å². The first-order valence-corrected chi connectivity index (χ1v) is 17.7. The van der Waals surface area contributed by atoms with Gasteiger partial charge in [-0.25, -0.2) is 0 Å². The van der Waals surface area contributed by atoms with Gasteiger partial charge in [0, 0.05) is 34.5 Å². The Hall–Kier alpha value is -3.82. The number of fused-ring (bicyclic) bond motifs is 1. The van der Waals surface area contributed by atoms with Gasteiger partial charge in [0.15, 0.2) is 0 Å². The van der Waals surface area contributed by atoms with E-state index in [0.29, 0.717) is 50.9 Å². The summed E-state index contributed by atoms with van der Waals surface area (Å²) in [4.78, 5) is 5.79. The van der Waals surface area contributed by atoms with Gasteiger partial charge in [-0.3, -0.25) is 0 Å². The third-order valence-electron chi connectivity index (χ3n) is 7.60. The molecule has 0 fully saturated rings. The quantitative estimate of drug-likeness (QED) is 0.0624. The second-order valence-electron chi connectivity index (χ2n) is 11.0. The predicted octanol–water partition coefficient (Wildman–Crippen LogP) is 9.06. The number of allylic oxidation sites excluding steroid dienone is 5. The Kier molecular flexibility index (Phi) is 13.6. The lowest BCUT2D eigenvalue weighted by Crippen LogP contribution is -2.22. The van der Waals surface area contributed by atoms with E-state index in [1.54, 1.807) is 11.8 Å². The Labute approximate surface area is 288 Å². The molecule has 1 heterocycles. The van der Waals surface area contributed by atoms with Crippen LogP contribution < -0.4 is 15.0 Å². The van der Waals surface area contributed by atoms with E-state index in [-0.39, 0.29) is 0 Å². The van der Waals surface area contributed by atoms with E-state index >= 15 is 0 Å². The van der Waals surface area contributed by atoms with Crippen LogP contribution in [-0.4, -0.2) is 59.1 Å². The molecular weight excluding hydrogens is 625 g/mol. The number of ether oxygens (including phenoxy) is 4. The molecule has 0 spiro atoms. The average Bonchev–Trinajstić information content (AvgIpc) is 3.43. The number of hydrogen-bond acceptors (Lipinski definition) is 8. The van der Waals surface area contributed by atoms with Crippen molar-refractivity contribution in [1.29, 1.82) is 0 Å². The van der Waals surface area contributed by atoms with Gasteiger partial charge < -0.3 is 29.2 Å². The molecule has 8 heteroatoms. The molecule has 6 nitrogen and oxygen atoms in total. The molecule has 2 atom stereocenters. The fourth-order valence-electron chi connectivity index (χ4n) is 5.03. The number of rotatable bonds is 18. The monoisotopic (exact) mass is 668 g/mol. The molecule has 0 bridgehead atoms. The van der Waals surface area contributed by atoms with Crippen molar-refractivity contribution in [2.75, 3.05) is 64.0 Å². The molecule has 0 radical (unpaired) electrons. The summed E-state index contributed by atoms with van der Waals surface area (Å²) in [6.07, 6.45) is 16.1. The molecule has 1 aliphatic carbocycles. The second-order valence-corrected chi connectivity index (χ2v) is 13.3. The van der Waals surface area contributed by atoms with Crippen molar-refractivity contribution in [1.82, 2.24) is 0 Å². The van der Waals surface area contributed by atoms with Crippen LogP contribution in [0, 0.1) is 5.92 Å². The summed E-state index contributed by atoms with van der Waals surface area (Å²) >= 11 is 3.54. The van der Waals surface area contributed by atoms with Gasteiger partial charge in [-0.15, -0.1) is 0 Å². The molecule has 0 saturated carbocycles. The van der Waals surface area contributed by atoms with Crippen molar-refractivity contribution in [2.24, 2.45) is 5.92 Å². The topological polar surface area (TPSA) is 52.2 Å². The summed E-state index contributed by atoms with van der Waals surface area (Å²) in [5, 5.41) is 3.55. The summed E-state index contributed by atoms with van der Waals surface area (Å²) in [5.41, 5.74) is 3.49. The maximum atomic E-state index is 5.87. The largest absolute Gasteiger partial charge is 0.492 e. The van der Waals surface area contributed by atoms with Gasteiger partial charge in [0.2, 0.25) is 0 Å². The van der Waals surface area contributed by atoms with Crippen molar-refractivity contribution in [3.63, 3.8) is 0 Å². The highest BCUT2D eigenvalue weighted by atomic mass is 32.2. The van der Waals surface area contributed by atoms with Gasteiger partial charge in [0.05, 0.1) is 37.5 Å². The van der Waals surface area contributed by atoms with Gasteiger partial charge in [-0.05, 0) is 72.5 Å². The minimum atomic E-state index is 0.339. The van der Waals surface area contributed by atoms with E-state index in [9.17, 15) is 0 Å². The summed E-state index contributed by atoms with van der Waals surface area (Å²) in [6, 6.07) is 24.8. The van der Waals surface area contributed by atoms with Crippen LogP contribution >= 0.6 is 23.5 Å². The van der Waals surface area contributed by atoms with Crippen molar-refractivity contribution >= 4 is 41.0 Å². The van der Waals surface area contributed by atoms with Crippen LogP contribution in [0.1, 0.15) is 12.0 Å². The molecule has 1 aliphatic heterocycles. The van der Waals surface area contributed by atoms with Crippen LogP contribution in [-0.2, 0) is 14.2 Å². The first-order valence-electron chi connectivity index (χ1n) is 16.0. The molecule has 2 aliphatic rings. The third-order valence-corrected chi connectivity index (χ3v) is 9.89. The molecule has 0 saturated heterocycles. The summed E-state index contributed by atoms with van der Waals surface area (Å²) in [6.45, 7) is 7.24. The van der Waals surface area contributed by atoms with Crippen molar-refractivity contribution in [2.45, 2.75) is 21.6 Å². The Bertz CT molecular complexity index is 1570. The van der Waals surface area contributed by atoms with Crippen LogP contribution in [0.4, 0.5) is 11.4 Å². The first kappa shape index (κ1) is 34.5. The number of nitrogens with one attached hydrogen (secondary N) is 1. The predicted molar refractivity (Wildman–Crippen MR) is 199 cm³/mol. The second kappa shape index (κ2) is 18.5. The lowest BCUT2D eigenvalue weighted by molar-refractivity contribution is 0.0206. The SMILES string of the molecule is C=C(/C=C/c1ccc(OCCOCCOCCOC2=CCC(/C=C/C3Sc4ccccc4N3C)C=C2)cc1)Sc1ccccc1NC. The van der Waals surface area contributed by atoms with Crippen LogP contribution in [0.5, 0.6) is 5.75 Å². The molecule has 3 aromatic carbocycles. The van der Waals surface area contributed by atoms with Crippen molar-refractivity contribution in [3.05, 3.63) is 132 Å². The number of benzene rings is 3. The molecule has 47 heavy (non-hydrogen) atoms. The summed E-state index contributed by atoms with van der Waals surface area (Å²) in [7, 11) is 4.09. The molecular formula is C39H44N2O4S2. The van der Waals surface area contributed by atoms with E-state index in [2.05, 4.69) is 96.7 Å². The minimum absolute atomic E-state index is 0.339. The van der Waals surface area contributed by atoms with E-state index in [4.69, 9.17) is 18.9 Å². The number of likely N-dealkylation sites (N-methyl/N-ethyl adjacent to an activating group) is 1. The van der Waals surface area contributed by atoms with Crippen LogP contribution in [0.25, 0.3) is 6.08 Å². The molecule has 0 aromatic heterocycles. The van der Waals surface area contributed by atoms with E-state index < -0.39 is 0 Å². The Morgan fingerprint density at radius 1 is 0.915 bits per heavy atom. The minimum Gasteiger partial charge on any atom is -0.492 e. The number of thioether (sulfide) groups is 2. The fourth-order valence-corrected chi connectivity index (χ4v) is 7.06.